The summed E-state index contributed by atoms with van der Waals surface area (Å²) in [6.07, 6.45) is 5.57. The highest BCUT2D eigenvalue weighted by atomic mass is 16.5. The number of rotatable bonds is 19. The van der Waals surface area contributed by atoms with Crippen molar-refractivity contribution in [3.8, 4) is 0 Å². The molecule has 0 heterocycles. The van der Waals surface area contributed by atoms with Crippen molar-refractivity contribution >= 4 is 23.6 Å². The molecular formula is C30H56N4O7. The van der Waals surface area contributed by atoms with E-state index in [4.69, 9.17) is 14.2 Å². The standard InChI is InChI=1S/C18H32N2O5.C7H13NO.C3H7NO.C2H4/c1-5-11-25-15-18(14-23-4,20-17(22)7-3)9-13-24-12-8-10-19-16(21)6-2;1-4-5-8-7(9)6(2)3;1-3(5)4-2;1-2/h6-7H,2-3,5,8-15H2,1,4H3,(H,19,21)(H,20,22);2,4-5H2,1,3H3,(H,8,9);1-2H3,(H,4,5);1-2H2. The monoisotopic (exact) mass is 584 g/mol. The van der Waals surface area contributed by atoms with Crippen LogP contribution in [-0.2, 0) is 33.4 Å². The summed E-state index contributed by atoms with van der Waals surface area (Å²) in [5.41, 5.74) is -0.0878. The molecule has 0 fully saturated rings. The van der Waals surface area contributed by atoms with Crippen LogP contribution >= 0.6 is 0 Å². The molecule has 4 N–H and O–H groups in total. The molecular weight excluding hydrogens is 528 g/mol. The summed E-state index contributed by atoms with van der Waals surface area (Å²) in [5, 5.41) is 10.7. The number of hydrogen-bond donors (Lipinski definition) is 4. The minimum Gasteiger partial charge on any atom is -0.382 e. The fraction of sp³-hybridized carbons (Fsp3) is 0.600. The average Bonchev–Trinajstić information content (AvgIpc) is 2.96. The summed E-state index contributed by atoms with van der Waals surface area (Å²) in [4.78, 5) is 43.2. The van der Waals surface area contributed by atoms with Crippen molar-refractivity contribution in [3.05, 3.63) is 50.6 Å². The van der Waals surface area contributed by atoms with E-state index in [1.807, 2.05) is 13.8 Å². The summed E-state index contributed by atoms with van der Waals surface area (Å²) in [7, 11) is 3.18. The number of ether oxygens (including phenoxy) is 3. The van der Waals surface area contributed by atoms with Crippen LogP contribution in [0.5, 0.6) is 0 Å². The molecule has 4 amide bonds. The maximum Gasteiger partial charge on any atom is 0.246 e. The van der Waals surface area contributed by atoms with Gasteiger partial charge in [-0.3, -0.25) is 19.2 Å². The minimum absolute atomic E-state index is 0.00463. The van der Waals surface area contributed by atoms with E-state index in [1.54, 1.807) is 21.1 Å². The normalized spacial score (nSPS) is 10.7. The van der Waals surface area contributed by atoms with Gasteiger partial charge in [0.2, 0.25) is 23.6 Å². The Morgan fingerprint density at radius 1 is 0.829 bits per heavy atom. The molecule has 0 aromatic carbocycles. The summed E-state index contributed by atoms with van der Waals surface area (Å²) in [5.74, 6) is -0.509. The molecule has 0 radical (unpaired) electrons. The maximum atomic E-state index is 11.8. The molecule has 0 spiro atoms. The minimum atomic E-state index is -0.660. The number of carbonyl (C=O) groups is 4. The van der Waals surface area contributed by atoms with Crippen LogP contribution in [-0.4, -0.2) is 89.4 Å². The number of amides is 4. The molecule has 11 heteroatoms. The van der Waals surface area contributed by atoms with E-state index in [1.165, 1.54) is 19.1 Å². The maximum absolute atomic E-state index is 11.8. The van der Waals surface area contributed by atoms with Crippen molar-refractivity contribution in [1.82, 2.24) is 21.3 Å². The zero-order valence-electron chi connectivity index (χ0n) is 26.3. The van der Waals surface area contributed by atoms with Crippen LogP contribution in [0.2, 0.25) is 0 Å². The quantitative estimate of drug-likeness (QED) is 0.104. The Labute approximate surface area is 248 Å². The molecule has 41 heavy (non-hydrogen) atoms. The van der Waals surface area contributed by atoms with Crippen LogP contribution in [0.25, 0.3) is 0 Å². The molecule has 1 unspecified atom stereocenters. The van der Waals surface area contributed by atoms with Gasteiger partial charge in [0.1, 0.15) is 0 Å². The van der Waals surface area contributed by atoms with Gasteiger partial charge in [0.15, 0.2) is 0 Å². The van der Waals surface area contributed by atoms with E-state index in [0.717, 1.165) is 19.4 Å². The predicted molar refractivity (Wildman–Crippen MR) is 166 cm³/mol. The molecule has 238 valence electrons. The first-order valence-corrected chi connectivity index (χ1v) is 13.6. The second-order valence-electron chi connectivity index (χ2n) is 8.51. The van der Waals surface area contributed by atoms with Crippen LogP contribution in [0.3, 0.4) is 0 Å². The molecule has 0 rings (SSSR count). The topological polar surface area (TPSA) is 144 Å². The number of nitrogens with one attached hydrogen (secondary N) is 4. The van der Waals surface area contributed by atoms with Gasteiger partial charge in [-0.15, -0.1) is 13.2 Å². The van der Waals surface area contributed by atoms with E-state index >= 15 is 0 Å². The molecule has 11 nitrogen and oxygen atoms in total. The van der Waals surface area contributed by atoms with Gasteiger partial charge < -0.3 is 35.5 Å². The number of methoxy groups -OCH3 is 1. The summed E-state index contributed by atoms with van der Waals surface area (Å²) < 4.78 is 16.5. The SMILES string of the molecule is C=C.C=C(C)C(=O)NCCC.C=CC(=O)NCCCOCCC(COC)(COCCC)NC(=O)C=C.CNC(C)=O. The van der Waals surface area contributed by atoms with Crippen molar-refractivity contribution in [2.24, 2.45) is 0 Å². The van der Waals surface area contributed by atoms with Crippen molar-refractivity contribution in [1.29, 1.82) is 0 Å². The Morgan fingerprint density at radius 3 is 1.85 bits per heavy atom. The van der Waals surface area contributed by atoms with Crippen molar-refractivity contribution in [3.63, 3.8) is 0 Å². The van der Waals surface area contributed by atoms with E-state index < -0.39 is 5.54 Å². The van der Waals surface area contributed by atoms with E-state index in [-0.39, 0.29) is 23.6 Å². The average molecular weight is 585 g/mol. The highest BCUT2D eigenvalue weighted by Gasteiger charge is 2.31. The van der Waals surface area contributed by atoms with Crippen LogP contribution in [0, 0.1) is 0 Å². The fourth-order valence-electron chi connectivity index (χ4n) is 2.54. The largest absolute Gasteiger partial charge is 0.382 e. The molecule has 0 aliphatic carbocycles. The predicted octanol–water partition coefficient (Wildman–Crippen LogP) is 2.84. The first-order valence-electron chi connectivity index (χ1n) is 13.6. The molecule has 0 aliphatic rings. The fourth-order valence-corrected chi connectivity index (χ4v) is 2.54. The highest BCUT2D eigenvalue weighted by molar-refractivity contribution is 5.92. The Bertz CT molecular complexity index is 744. The summed E-state index contributed by atoms with van der Waals surface area (Å²) >= 11 is 0. The number of carbonyl (C=O) groups excluding carboxylic acids is 4. The van der Waals surface area contributed by atoms with Gasteiger partial charge in [-0.1, -0.05) is 33.6 Å². The lowest BCUT2D eigenvalue weighted by atomic mass is 9.97. The third kappa shape index (κ3) is 32.8. The molecule has 0 bridgehead atoms. The van der Waals surface area contributed by atoms with Gasteiger partial charge >= 0.3 is 0 Å². The van der Waals surface area contributed by atoms with Crippen LogP contribution in [0.1, 0.15) is 53.4 Å². The first kappa shape index (κ1) is 44.7. The zero-order chi connectivity index (χ0) is 32.5. The van der Waals surface area contributed by atoms with Crippen LogP contribution in [0.4, 0.5) is 0 Å². The van der Waals surface area contributed by atoms with Gasteiger partial charge in [0.05, 0.1) is 18.8 Å². The Kier molecular flexibility index (Phi) is 35.9. The lowest BCUT2D eigenvalue weighted by molar-refractivity contribution is -0.121. The molecule has 0 aromatic rings. The van der Waals surface area contributed by atoms with Crippen molar-refractivity contribution in [2.75, 3.05) is 60.3 Å². The van der Waals surface area contributed by atoms with Gasteiger partial charge in [0.25, 0.3) is 0 Å². The zero-order valence-corrected chi connectivity index (χ0v) is 26.3. The van der Waals surface area contributed by atoms with Gasteiger partial charge in [0, 0.05) is 59.6 Å². The van der Waals surface area contributed by atoms with E-state index in [9.17, 15) is 19.2 Å². The molecule has 1 atom stereocenters. The Morgan fingerprint density at radius 2 is 1.41 bits per heavy atom. The van der Waals surface area contributed by atoms with Crippen LogP contribution in [0.15, 0.2) is 50.6 Å². The summed E-state index contributed by atoms with van der Waals surface area (Å²) in [6, 6.07) is 0. The summed E-state index contributed by atoms with van der Waals surface area (Å²) in [6.45, 7) is 27.1. The Balaban J connectivity index is -0.000000349. The van der Waals surface area contributed by atoms with E-state index in [2.05, 4.69) is 54.2 Å². The third-order valence-corrected chi connectivity index (χ3v) is 4.67. The smallest absolute Gasteiger partial charge is 0.246 e. The lowest BCUT2D eigenvalue weighted by Crippen LogP contribution is -2.55. The van der Waals surface area contributed by atoms with E-state index in [0.29, 0.717) is 58.0 Å². The molecule has 0 aromatic heterocycles. The second-order valence-corrected chi connectivity index (χ2v) is 8.51. The first-order chi connectivity index (χ1) is 19.5. The second kappa shape index (κ2) is 32.9. The molecule has 0 aliphatic heterocycles. The lowest BCUT2D eigenvalue weighted by Gasteiger charge is -2.33. The molecule has 0 saturated heterocycles. The van der Waals surface area contributed by atoms with Gasteiger partial charge in [-0.2, -0.15) is 0 Å². The number of hydrogen-bond acceptors (Lipinski definition) is 7. The van der Waals surface area contributed by atoms with Crippen molar-refractivity contribution < 1.29 is 33.4 Å². The third-order valence-electron chi connectivity index (χ3n) is 4.67. The molecule has 0 saturated carbocycles. The van der Waals surface area contributed by atoms with Gasteiger partial charge in [-0.25, -0.2) is 0 Å². The van der Waals surface area contributed by atoms with Gasteiger partial charge in [-0.05, 0) is 44.8 Å². The van der Waals surface area contributed by atoms with Crippen molar-refractivity contribution in [2.45, 2.75) is 58.9 Å². The van der Waals surface area contributed by atoms with Crippen LogP contribution < -0.4 is 21.3 Å². The Hall–Kier alpha value is -3.28. The highest BCUT2D eigenvalue weighted by Crippen LogP contribution is 2.13.